The van der Waals surface area contributed by atoms with Crippen LogP contribution in [0.2, 0.25) is 0 Å². The minimum atomic E-state index is -1.02. The van der Waals surface area contributed by atoms with Gasteiger partial charge in [0.1, 0.15) is 11.8 Å². The number of aromatic hydroxyl groups is 1. The van der Waals surface area contributed by atoms with Crippen molar-refractivity contribution >= 4 is 5.97 Å². The molecule has 0 saturated carbocycles. The van der Waals surface area contributed by atoms with Gasteiger partial charge in [0.15, 0.2) is 0 Å². The van der Waals surface area contributed by atoms with Crippen LogP contribution in [0.5, 0.6) is 5.75 Å². The molecule has 0 aliphatic rings. The fourth-order valence-electron chi connectivity index (χ4n) is 0.973. The molecule has 0 aliphatic heterocycles. The number of carboxylic acid groups (broad SMARTS) is 1. The average Bonchev–Trinajstić information content (AvgIpc) is 2.08. The van der Waals surface area contributed by atoms with Gasteiger partial charge in [-0.25, -0.2) is 0 Å². The van der Waals surface area contributed by atoms with E-state index in [1.165, 1.54) is 12.1 Å². The maximum atomic E-state index is 10.4. The molecule has 4 N–H and O–H groups in total. The van der Waals surface area contributed by atoms with E-state index in [1.807, 2.05) is 0 Å². The van der Waals surface area contributed by atoms with E-state index in [1.54, 1.807) is 12.1 Å². The SMILES string of the molecule is N[C@@H](Cc1ccc(O)cc1)C(=O)O.[Ag]. The summed E-state index contributed by atoms with van der Waals surface area (Å²) in [7, 11) is 0. The standard InChI is InChI=1S/C9H11NO3.Ag/c10-8(9(12)13)5-6-1-3-7(11)4-2-6;/h1-4,8,11H,5,10H2,(H,12,13);/t8-;/m0./s1. The molecule has 0 amide bonds. The van der Waals surface area contributed by atoms with E-state index in [0.29, 0.717) is 0 Å². The number of nitrogens with two attached hydrogens (primary N) is 1. The van der Waals surface area contributed by atoms with E-state index >= 15 is 0 Å². The van der Waals surface area contributed by atoms with Crippen LogP contribution in [0.4, 0.5) is 0 Å². The Morgan fingerprint density at radius 1 is 1.36 bits per heavy atom. The van der Waals surface area contributed by atoms with E-state index in [-0.39, 0.29) is 34.6 Å². The van der Waals surface area contributed by atoms with Crippen LogP contribution in [-0.2, 0) is 33.6 Å². The van der Waals surface area contributed by atoms with Crippen molar-refractivity contribution in [3.05, 3.63) is 29.8 Å². The molecule has 0 spiro atoms. The maximum absolute atomic E-state index is 10.4. The third kappa shape index (κ3) is 3.93. The first-order valence-corrected chi connectivity index (χ1v) is 3.86. The molecule has 14 heavy (non-hydrogen) atoms. The summed E-state index contributed by atoms with van der Waals surface area (Å²) in [5.74, 6) is -0.860. The number of phenolic OH excluding ortho intramolecular Hbond substituents is 1. The first kappa shape index (κ1) is 13.2. The second kappa shape index (κ2) is 5.82. The van der Waals surface area contributed by atoms with Crippen LogP contribution in [0.25, 0.3) is 0 Å². The second-order valence-corrected chi connectivity index (χ2v) is 2.82. The fraction of sp³-hybridized carbons (Fsp3) is 0.222. The molecule has 0 fully saturated rings. The first-order valence-electron chi connectivity index (χ1n) is 3.86. The molecule has 0 heterocycles. The number of rotatable bonds is 3. The zero-order valence-corrected chi connectivity index (χ0v) is 8.76. The molecule has 81 valence electrons. The summed E-state index contributed by atoms with van der Waals surface area (Å²) < 4.78 is 0. The maximum Gasteiger partial charge on any atom is 0.320 e. The molecule has 0 saturated heterocycles. The zero-order valence-electron chi connectivity index (χ0n) is 7.28. The summed E-state index contributed by atoms with van der Waals surface area (Å²) in [4.78, 5) is 10.4. The third-order valence-electron chi connectivity index (χ3n) is 1.71. The van der Waals surface area contributed by atoms with Crippen LogP contribution < -0.4 is 5.73 Å². The molecule has 1 radical (unpaired) electrons. The molecular weight excluding hydrogens is 278 g/mol. The van der Waals surface area contributed by atoms with Crippen LogP contribution in [0.15, 0.2) is 24.3 Å². The summed E-state index contributed by atoms with van der Waals surface area (Å²) >= 11 is 0. The van der Waals surface area contributed by atoms with Gasteiger partial charge >= 0.3 is 5.97 Å². The van der Waals surface area contributed by atoms with Crippen molar-refractivity contribution in [3.8, 4) is 5.75 Å². The van der Waals surface area contributed by atoms with Gasteiger partial charge in [-0.3, -0.25) is 4.79 Å². The van der Waals surface area contributed by atoms with Gasteiger partial charge in [0.25, 0.3) is 0 Å². The van der Waals surface area contributed by atoms with Crippen LogP contribution in [0, 0.1) is 0 Å². The average molecular weight is 289 g/mol. The Bertz CT molecular complexity index is 299. The van der Waals surface area contributed by atoms with Gasteiger partial charge in [0.05, 0.1) is 0 Å². The number of aliphatic carboxylic acids is 1. The van der Waals surface area contributed by atoms with Gasteiger partial charge in [-0.15, -0.1) is 0 Å². The number of carbonyl (C=O) groups is 1. The third-order valence-corrected chi connectivity index (χ3v) is 1.71. The molecule has 1 aromatic rings. The van der Waals surface area contributed by atoms with E-state index in [4.69, 9.17) is 15.9 Å². The van der Waals surface area contributed by atoms with Crippen molar-refractivity contribution < 1.29 is 37.4 Å². The molecule has 0 unspecified atom stereocenters. The van der Waals surface area contributed by atoms with Crippen molar-refractivity contribution in [2.75, 3.05) is 0 Å². The fourth-order valence-corrected chi connectivity index (χ4v) is 0.973. The molecule has 1 aromatic carbocycles. The Morgan fingerprint density at radius 3 is 2.29 bits per heavy atom. The minimum Gasteiger partial charge on any atom is -0.508 e. The minimum absolute atomic E-state index is 0. The molecule has 0 bridgehead atoms. The smallest absolute Gasteiger partial charge is 0.320 e. The van der Waals surface area contributed by atoms with Gasteiger partial charge < -0.3 is 15.9 Å². The Hall–Kier alpha value is -0.810. The van der Waals surface area contributed by atoms with Crippen molar-refractivity contribution in [1.29, 1.82) is 0 Å². The Labute approximate surface area is 97.2 Å². The summed E-state index contributed by atoms with van der Waals surface area (Å²) in [5, 5.41) is 17.5. The van der Waals surface area contributed by atoms with E-state index < -0.39 is 12.0 Å². The van der Waals surface area contributed by atoms with Gasteiger partial charge in [0, 0.05) is 22.4 Å². The largest absolute Gasteiger partial charge is 0.508 e. The van der Waals surface area contributed by atoms with Gasteiger partial charge in [-0.1, -0.05) is 12.1 Å². The molecule has 1 rings (SSSR count). The summed E-state index contributed by atoms with van der Waals surface area (Å²) in [6.45, 7) is 0. The number of hydrogen-bond acceptors (Lipinski definition) is 3. The Morgan fingerprint density at radius 2 is 1.86 bits per heavy atom. The molecular formula is C9H11AgNO3. The molecule has 5 heteroatoms. The van der Waals surface area contributed by atoms with Crippen molar-refractivity contribution in [1.82, 2.24) is 0 Å². The van der Waals surface area contributed by atoms with Crippen molar-refractivity contribution in [2.24, 2.45) is 5.73 Å². The number of hydrogen-bond donors (Lipinski definition) is 3. The van der Waals surface area contributed by atoms with Crippen molar-refractivity contribution in [3.63, 3.8) is 0 Å². The van der Waals surface area contributed by atoms with E-state index in [2.05, 4.69) is 0 Å². The molecule has 4 nitrogen and oxygen atoms in total. The Balaban J connectivity index is 0.00000169. The number of phenols is 1. The van der Waals surface area contributed by atoms with Crippen molar-refractivity contribution in [2.45, 2.75) is 12.5 Å². The molecule has 0 aliphatic carbocycles. The predicted molar refractivity (Wildman–Crippen MR) is 47.4 cm³/mol. The summed E-state index contributed by atoms with van der Waals surface area (Å²) in [6, 6.07) is 5.42. The Kier molecular flexibility index (Phi) is 5.49. The summed E-state index contributed by atoms with van der Waals surface area (Å²) in [6.07, 6.45) is 0.273. The zero-order chi connectivity index (χ0) is 9.84. The van der Waals surface area contributed by atoms with Gasteiger partial charge in [-0.2, -0.15) is 0 Å². The topological polar surface area (TPSA) is 83.5 Å². The number of carboxylic acids is 1. The number of benzene rings is 1. The van der Waals surface area contributed by atoms with E-state index in [9.17, 15) is 4.79 Å². The molecule has 1 atom stereocenters. The van der Waals surface area contributed by atoms with Crippen LogP contribution in [-0.4, -0.2) is 22.2 Å². The quantitative estimate of drug-likeness (QED) is 0.701. The van der Waals surface area contributed by atoms with Gasteiger partial charge in [0.2, 0.25) is 0 Å². The normalized spacial score (nSPS) is 11.5. The van der Waals surface area contributed by atoms with Gasteiger partial charge in [-0.05, 0) is 24.1 Å². The van der Waals surface area contributed by atoms with Crippen LogP contribution in [0.1, 0.15) is 5.56 Å². The van der Waals surface area contributed by atoms with Crippen LogP contribution in [0.3, 0.4) is 0 Å². The second-order valence-electron chi connectivity index (χ2n) is 2.82. The van der Waals surface area contributed by atoms with E-state index in [0.717, 1.165) is 5.56 Å². The monoisotopic (exact) mass is 288 g/mol. The molecule has 0 aromatic heterocycles. The summed E-state index contributed by atoms with van der Waals surface area (Å²) in [5.41, 5.74) is 6.12. The first-order chi connectivity index (χ1) is 6.09. The van der Waals surface area contributed by atoms with Crippen LogP contribution >= 0.6 is 0 Å². The predicted octanol–water partition coefficient (Wildman–Crippen LogP) is 0.344.